The predicted octanol–water partition coefficient (Wildman–Crippen LogP) is 0.808. The molecule has 2 aliphatic rings. The van der Waals surface area contributed by atoms with Crippen LogP contribution in [0, 0.1) is 0 Å². The van der Waals surface area contributed by atoms with Crippen LogP contribution in [-0.2, 0) is 11.2 Å². The number of rotatable bonds is 5. The minimum atomic E-state index is -1.43. The number of likely N-dealkylation sites (N-methyl/N-ethyl adjacent to an activating group) is 1. The highest BCUT2D eigenvalue weighted by molar-refractivity contribution is 5.49. The topological polar surface area (TPSA) is 103 Å². The average molecular weight is 415 g/mol. The van der Waals surface area contributed by atoms with Crippen LogP contribution in [0.25, 0.3) is 0 Å². The van der Waals surface area contributed by atoms with Gasteiger partial charge < -0.3 is 29.9 Å². The molecular formula is C23H29NO6. The van der Waals surface area contributed by atoms with Crippen molar-refractivity contribution < 1.29 is 29.9 Å². The Kier molecular flexibility index (Phi) is 6.11. The van der Waals surface area contributed by atoms with Crippen LogP contribution in [-0.4, -0.2) is 76.5 Å². The van der Waals surface area contributed by atoms with Gasteiger partial charge in [0.1, 0.15) is 42.4 Å². The van der Waals surface area contributed by atoms with E-state index in [-0.39, 0.29) is 12.1 Å². The number of aliphatic hydroxyl groups excluding tert-OH is 4. The van der Waals surface area contributed by atoms with Gasteiger partial charge in [0.2, 0.25) is 0 Å². The predicted molar refractivity (Wildman–Crippen MR) is 110 cm³/mol. The summed E-state index contributed by atoms with van der Waals surface area (Å²) in [4.78, 5) is 2.11. The first kappa shape index (κ1) is 21.2. The van der Waals surface area contributed by atoms with Crippen molar-refractivity contribution in [1.29, 1.82) is 0 Å². The van der Waals surface area contributed by atoms with Gasteiger partial charge in [-0.1, -0.05) is 48.5 Å². The molecule has 1 fully saturated rings. The van der Waals surface area contributed by atoms with Gasteiger partial charge in [0.15, 0.2) is 0 Å². The number of para-hydroxylation sites is 1. The van der Waals surface area contributed by atoms with Crippen molar-refractivity contribution in [1.82, 2.24) is 4.90 Å². The lowest BCUT2D eigenvalue weighted by Gasteiger charge is -2.40. The lowest BCUT2D eigenvalue weighted by Crippen LogP contribution is -2.55. The van der Waals surface area contributed by atoms with Crippen molar-refractivity contribution >= 4 is 0 Å². The van der Waals surface area contributed by atoms with Crippen molar-refractivity contribution in [3.63, 3.8) is 0 Å². The van der Waals surface area contributed by atoms with Gasteiger partial charge in [0, 0.05) is 17.5 Å². The monoisotopic (exact) mass is 415 g/mol. The number of nitrogens with zero attached hydrogens (tertiary/aromatic N) is 1. The Morgan fingerprint density at radius 2 is 1.53 bits per heavy atom. The molecule has 0 bridgehead atoms. The Hall–Kier alpha value is -2.00. The van der Waals surface area contributed by atoms with E-state index in [2.05, 4.69) is 17.0 Å². The lowest BCUT2D eigenvalue weighted by atomic mass is 9.89. The molecule has 2 aromatic rings. The van der Waals surface area contributed by atoms with Crippen LogP contribution in [0.1, 0.15) is 28.8 Å². The number of hydrogen-bond donors (Lipinski definition) is 4. The van der Waals surface area contributed by atoms with Gasteiger partial charge in [-0.3, -0.25) is 4.90 Å². The van der Waals surface area contributed by atoms with Gasteiger partial charge in [-0.15, -0.1) is 0 Å². The summed E-state index contributed by atoms with van der Waals surface area (Å²) >= 11 is 0. The summed E-state index contributed by atoms with van der Waals surface area (Å²) in [6.07, 6.45) is -5.47. The smallest absolute Gasteiger partial charge is 0.130 e. The fraction of sp³-hybridized carbons (Fsp3) is 0.478. The first-order valence-electron chi connectivity index (χ1n) is 10.2. The average Bonchev–Trinajstić information content (AvgIpc) is 3.11. The largest absolute Gasteiger partial charge is 0.487 e. The number of ether oxygens (including phenoxy) is 2. The molecule has 30 heavy (non-hydrogen) atoms. The van der Waals surface area contributed by atoms with Crippen LogP contribution in [0.4, 0.5) is 0 Å². The Morgan fingerprint density at radius 3 is 2.20 bits per heavy atom. The van der Waals surface area contributed by atoms with E-state index in [1.165, 1.54) is 0 Å². The first-order chi connectivity index (χ1) is 14.4. The summed E-state index contributed by atoms with van der Waals surface area (Å²) in [6.45, 7) is -0.464. The fourth-order valence-corrected chi connectivity index (χ4v) is 4.55. The second kappa shape index (κ2) is 8.63. The van der Waals surface area contributed by atoms with Crippen molar-refractivity contribution in [2.24, 2.45) is 0 Å². The van der Waals surface area contributed by atoms with Crippen molar-refractivity contribution in [3.8, 4) is 5.75 Å². The molecule has 4 N–H and O–H groups in total. The van der Waals surface area contributed by atoms with Crippen molar-refractivity contribution in [2.75, 3.05) is 20.7 Å². The van der Waals surface area contributed by atoms with Crippen LogP contribution in [0.5, 0.6) is 5.75 Å². The third kappa shape index (κ3) is 3.73. The maximum atomic E-state index is 10.6. The van der Waals surface area contributed by atoms with Crippen LogP contribution in [0.15, 0.2) is 48.5 Å². The standard InChI is InChI=1S/C23H29NO6/c1-24(2)18-14-9-6-10-15(23-21(28)20(27)19(26)17(12-25)30-23)22(14)29-16(18)11-13-7-4-3-5-8-13/h3-10,16-21,23,25-28H,11-12H2,1-2H3. The molecule has 0 amide bonds. The van der Waals surface area contributed by atoms with E-state index in [4.69, 9.17) is 9.47 Å². The highest BCUT2D eigenvalue weighted by atomic mass is 16.5. The second-order valence-electron chi connectivity index (χ2n) is 8.27. The quantitative estimate of drug-likeness (QED) is 0.573. The van der Waals surface area contributed by atoms with E-state index in [1.54, 1.807) is 6.07 Å². The van der Waals surface area contributed by atoms with E-state index in [0.717, 1.165) is 11.1 Å². The molecular weight excluding hydrogens is 386 g/mol. The number of fused-ring (bicyclic) bond motifs is 1. The summed E-state index contributed by atoms with van der Waals surface area (Å²) in [5.41, 5.74) is 2.75. The Balaban J connectivity index is 1.68. The molecule has 7 unspecified atom stereocenters. The minimum absolute atomic E-state index is 0.00467. The van der Waals surface area contributed by atoms with Gasteiger partial charge in [0.05, 0.1) is 12.6 Å². The van der Waals surface area contributed by atoms with Crippen LogP contribution >= 0.6 is 0 Å². The highest BCUT2D eigenvalue weighted by Gasteiger charge is 2.46. The Labute approximate surface area is 176 Å². The number of hydrogen-bond acceptors (Lipinski definition) is 7. The van der Waals surface area contributed by atoms with Crippen LogP contribution in [0.2, 0.25) is 0 Å². The molecule has 1 saturated heterocycles. The molecule has 4 rings (SSSR count). The molecule has 2 aliphatic heterocycles. The molecule has 0 saturated carbocycles. The molecule has 0 aliphatic carbocycles. The zero-order valence-electron chi connectivity index (χ0n) is 17.1. The molecule has 0 radical (unpaired) electrons. The highest BCUT2D eigenvalue weighted by Crippen LogP contribution is 2.47. The zero-order valence-corrected chi connectivity index (χ0v) is 17.1. The van der Waals surface area contributed by atoms with Crippen LogP contribution in [0.3, 0.4) is 0 Å². The summed E-state index contributed by atoms with van der Waals surface area (Å²) < 4.78 is 12.2. The minimum Gasteiger partial charge on any atom is -0.487 e. The van der Waals surface area contributed by atoms with Crippen molar-refractivity contribution in [3.05, 3.63) is 65.2 Å². The van der Waals surface area contributed by atoms with Gasteiger partial charge in [0.25, 0.3) is 0 Å². The number of benzene rings is 2. The third-order valence-corrected chi connectivity index (χ3v) is 6.05. The van der Waals surface area contributed by atoms with Crippen molar-refractivity contribution in [2.45, 2.75) is 49.1 Å². The molecule has 162 valence electrons. The fourth-order valence-electron chi connectivity index (χ4n) is 4.55. The molecule has 0 aromatic heterocycles. The van der Waals surface area contributed by atoms with E-state index in [9.17, 15) is 20.4 Å². The Morgan fingerprint density at radius 1 is 0.833 bits per heavy atom. The zero-order chi connectivity index (χ0) is 21.4. The summed E-state index contributed by atoms with van der Waals surface area (Å²) in [6, 6.07) is 15.8. The molecule has 7 nitrogen and oxygen atoms in total. The second-order valence-corrected chi connectivity index (χ2v) is 8.27. The third-order valence-electron chi connectivity index (χ3n) is 6.05. The van der Waals surface area contributed by atoms with Gasteiger partial charge in [-0.25, -0.2) is 0 Å². The van der Waals surface area contributed by atoms with E-state index >= 15 is 0 Å². The van der Waals surface area contributed by atoms with Gasteiger partial charge in [-0.2, -0.15) is 0 Å². The summed E-state index contributed by atoms with van der Waals surface area (Å²) in [5.74, 6) is 0.626. The van der Waals surface area contributed by atoms with E-state index in [1.807, 2.05) is 44.4 Å². The Bertz CT molecular complexity index is 858. The van der Waals surface area contributed by atoms with Gasteiger partial charge >= 0.3 is 0 Å². The first-order valence-corrected chi connectivity index (χ1v) is 10.2. The SMILES string of the molecule is CN(C)C1c2cccc(C3OC(CO)C(O)C(O)C3O)c2OC1Cc1ccccc1. The maximum absolute atomic E-state index is 10.6. The van der Waals surface area contributed by atoms with Gasteiger partial charge in [-0.05, 0) is 19.7 Å². The molecule has 0 spiro atoms. The molecule has 2 aromatic carbocycles. The normalized spacial score (nSPS) is 33.4. The summed E-state index contributed by atoms with van der Waals surface area (Å²) in [7, 11) is 4.00. The molecule has 2 heterocycles. The molecule has 7 atom stereocenters. The van der Waals surface area contributed by atoms with E-state index < -0.39 is 37.1 Å². The molecule has 7 heteroatoms. The number of aliphatic hydroxyl groups is 4. The summed E-state index contributed by atoms with van der Waals surface area (Å²) in [5, 5.41) is 40.5. The van der Waals surface area contributed by atoms with E-state index in [0.29, 0.717) is 17.7 Å². The lowest BCUT2D eigenvalue weighted by molar-refractivity contribution is -0.232. The maximum Gasteiger partial charge on any atom is 0.130 e. The van der Waals surface area contributed by atoms with Crippen LogP contribution < -0.4 is 4.74 Å².